The SMILES string of the molecule is CC(C)(CSc1ccccc1)C(=O)N1CCNCC1. The van der Waals surface area contributed by atoms with Gasteiger partial charge in [-0.15, -0.1) is 11.8 Å². The molecule has 1 aromatic rings. The van der Waals surface area contributed by atoms with E-state index < -0.39 is 0 Å². The van der Waals surface area contributed by atoms with Gasteiger partial charge in [0.1, 0.15) is 0 Å². The fraction of sp³-hybridized carbons (Fsp3) is 0.533. The Morgan fingerprint density at radius 2 is 1.89 bits per heavy atom. The van der Waals surface area contributed by atoms with Crippen LogP contribution in [0.2, 0.25) is 0 Å². The second kappa shape index (κ2) is 6.44. The highest BCUT2D eigenvalue weighted by molar-refractivity contribution is 7.99. The Bertz CT molecular complexity index is 413. The second-order valence-corrected chi connectivity index (χ2v) is 6.58. The number of carbonyl (C=O) groups excluding carboxylic acids is 1. The van der Waals surface area contributed by atoms with Gasteiger partial charge in [-0.2, -0.15) is 0 Å². The van der Waals surface area contributed by atoms with Crippen LogP contribution in [0.4, 0.5) is 0 Å². The number of benzene rings is 1. The first-order valence-corrected chi connectivity index (χ1v) is 7.76. The molecule has 1 N–H and O–H groups in total. The van der Waals surface area contributed by atoms with Gasteiger partial charge in [0.25, 0.3) is 0 Å². The highest BCUT2D eigenvalue weighted by atomic mass is 32.2. The zero-order chi connectivity index (χ0) is 13.7. The summed E-state index contributed by atoms with van der Waals surface area (Å²) in [6.45, 7) is 7.58. The third-order valence-electron chi connectivity index (χ3n) is 3.33. The summed E-state index contributed by atoms with van der Waals surface area (Å²) >= 11 is 1.76. The molecular formula is C15H22N2OS. The predicted molar refractivity (Wildman–Crippen MR) is 80.4 cm³/mol. The number of hydrogen-bond acceptors (Lipinski definition) is 3. The molecule has 0 aliphatic carbocycles. The molecule has 0 radical (unpaired) electrons. The molecule has 1 aliphatic heterocycles. The molecule has 3 nitrogen and oxygen atoms in total. The lowest BCUT2D eigenvalue weighted by Crippen LogP contribution is -2.51. The average Bonchev–Trinajstić information content (AvgIpc) is 2.46. The van der Waals surface area contributed by atoms with Crippen LogP contribution in [0.15, 0.2) is 35.2 Å². The molecular weight excluding hydrogens is 256 g/mol. The highest BCUT2D eigenvalue weighted by Crippen LogP contribution is 2.29. The van der Waals surface area contributed by atoms with Crippen LogP contribution in [-0.4, -0.2) is 42.7 Å². The molecule has 0 saturated carbocycles. The molecule has 1 saturated heterocycles. The van der Waals surface area contributed by atoms with Gasteiger partial charge in [-0.05, 0) is 12.1 Å². The molecule has 19 heavy (non-hydrogen) atoms. The Balaban J connectivity index is 1.91. The number of hydrogen-bond donors (Lipinski definition) is 1. The van der Waals surface area contributed by atoms with Crippen LogP contribution in [0, 0.1) is 5.41 Å². The summed E-state index contributed by atoms with van der Waals surface area (Å²) in [4.78, 5) is 15.7. The minimum absolute atomic E-state index is 0.275. The summed E-state index contributed by atoms with van der Waals surface area (Å²) < 4.78 is 0. The zero-order valence-electron chi connectivity index (χ0n) is 11.7. The molecule has 1 fully saturated rings. The van der Waals surface area contributed by atoms with E-state index >= 15 is 0 Å². The van der Waals surface area contributed by atoms with Crippen LogP contribution in [0.25, 0.3) is 0 Å². The van der Waals surface area contributed by atoms with Crippen molar-refractivity contribution in [1.82, 2.24) is 10.2 Å². The van der Waals surface area contributed by atoms with E-state index in [1.165, 1.54) is 4.90 Å². The van der Waals surface area contributed by atoms with Crippen LogP contribution in [0.1, 0.15) is 13.8 Å². The molecule has 4 heteroatoms. The van der Waals surface area contributed by atoms with Gasteiger partial charge in [-0.1, -0.05) is 32.0 Å². The van der Waals surface area contributed by atoms with Crippen LogP contribution in [0.3, 0.4) is 0 Å². The van der Waals surface area contributed by atoms with Gasteiger partial charge in [0.2, 0.25) is 5.91 Å². The quantitative estimate of drug-likeness (QED) is 0.857. The average molecular weight is 278 g/mol. The summed E-state index contributed by atoms with van der Waals surface area (Å²) in [7, 11) is 0. The maximum Gasteiger partial charge on any atom is 0.229 e. The Morgan fingerprint density at radius 3 is 2.53 bits per heavy atom. The third-order valence-corrected chi connectivity index (χ3v) is 4.80. The molecule has 0 atom stereocenters. The summed E-state index contributed by atoms with van der Waals surface area (Å²) in [5, 5.41) is 3.28. The molecule has 1 heterocycles. The molecule has 0 spiro atoms. The Hall–Kier alpha value is -1.00. The largest absolute Gasteiger partial charge is 0.340 e. The number of piperazine rings is 1. The number of rotatable bonds is 4. The van der Waals surface area contributed by atoms with E-state index in [4.69, 9.17) is 0 Å². The lowest BCUT2D eigenvalue weighted by atomic mass is 9.94. The Labute approximate surface area is 119 Å². The lowest BCUT2D eigenvalue weighted by Gasteiger charge is -2.34. The van der Waals surface area contributed by atoms with Gasteiger partial charge >= 0.3 is 0 Å². The van der Waals surface area contributed by atoms with Crippen molar-refractivity contribution in [2.75, 3.05) is 31.9 Å². The van der Waals surface area contributed by atoms with E-state index in [2.05, 4.69) is 17.4 Å². The minimum atomic E-state index is -0.308. The van der Waals surface area contributed by atoms with Crippen molar-refractivity contribution in [1.29, 1.82) is 0 Å². The van der Waals surface area contributed by atoms with Crippen LogP contribution in [0.5, 0.6) is 0 Å². The zero-order valence-corrected chi connectivity index (χ0v) is 12.5. The normalized spacial score (nSPS) is 16.4. The van der Waals surface area contributed by atoms with E-state index in [0.29, 0.717) is 0 Å². The van der Waals surface area contributed by atoms with Crippen LogP contribution < -0.4 is 5.32 Å². The number of thioether (sulfide) groups is 1. The molecule has 1 aliphatic rings. The third kappa shape index (κ3) is 3.98. The molecule has 2 rings (SSSR count). The molecule has 1 amide bonds. The van der Waals surface area contributed by atoms with Gasteiger partial charge in [0.15, 0.2) is 0 Å². The Morgan fingerprint density at radius 1 is 1.26 bits per heavy atom. The van der Waals surface area contributed by atoms with Crippen LogP contribution >= 0.6 is 11.8 Å². The second-order valence-electron chi connectivity index (χ2n) is 5.53. The van der Waals surface area contributed by atoms with Crippen molar-refractivity contribution in [2.45, 2.75) is 18.7 Å². The highest BCUT2D eigenvalue weighted by Gasteiger charge is 2.32. The number of amides is 1. The van der Waals surface area contributed by atoms with E-state index in [1.54, 1.807) is 11.8 Å². The Kier molecular flexibility index (Phi) is 4.88. The van der Waals surface area contributed by atoms with Gasteiger partial charge in [-0.3, -0.25) is 4.79 Å². The van der Waals surface area contributed by atoms with E-state index in [-0.39, 0.29) is 11.3 Å². The summed E-state index contributed by atoms with van der Waals surface area (Å²) in [5.74, 6) is 1.09. The van der Waals surface area contributed by atoms with Gasteiger partial charge in [-0.25, -0.2) is 0 Å². The minimum Gasteiger partial charge on any atom is -0.340 e. The first-order chi connectivity index (χ1) is 9.09. The molecule has 1 aromatic carbocycles. The number of nitrogens with zero attached hydrogens (tertiary/aromatic N) is 1. The molecule has 104 valence electrons. The van der Waals surface area contributed by atoms with E-state index in [9.17, 15) is 4.79 Å². The molecule has 0 aromatic heterocycles. The summed E-state index contributed by atoms with van der Waals surface area (Å²) in [6, 6.07) is 10.3. The van der Waals surface area contributed by atoms with Gasteiger partial charge < -0.3 is 10.2 Å². The molecule has 0 bridgehead atoms. The van der Waals surface area contributed by atoms with Crippen molar-refractivity contribution in [2.24, 2.45) is 5.41 Å². The lowest BCUT2D eigenvalue weighted by molar-refractivity contribution is -0.139. The van der Waals surface area contributed by atoms with E-state index in [0.717, 1.165) is 31.9 Å². The van der Waals surface area contributed by atoms with Gasteiger partial charge in [0, 0.05) is 36.8 Å². The predicted octanol–water partition coefficient (Wildman–Crippen LogP) is 2.24. The van der Waals surface area contributed by atoms with Crippen molar-refractivity contribution < 1.29 is 4.79 Å². The summed E-state index contributed by atoms with van der Waals surface area (Å²) in [5.41, 5.74) is -0.308. The van der Waals surface area contributed by atoms with Crippen molar-refractivity contribution in [3.8, 4) is 0 Å². The number of nitrogens with one attached hydrogen (secondary N) is 1. The maximum absolute atomic E-state index is 12.5. The number of carbonyl (C=O) groups is 1. The first-order valence-electron chi connectivity index (χ1n) is 6.77. The smallest absolute Gasteiger partial charge is 0.229 e. The first kappa shape index (κ1) is 14.4. The van der Waals surface area contributed by atoms with Crippen molar-refractivity contribution in [3.05, 3.63) is 30.3 Å². The van der Waals surface area contributed by atoms with Gasteiger partial charge in [0.05, 0.1) is 5.41 Å². The standard InChI is InChI=1S/C15H22N2OS/c1-15(2,12-19-13-6-4-3-5-7-13)14(18)17-10-8-16-9-11-17/h3-7,16H,8-12H2,1-2H3. The van der Waals surface area contributed by atoms with E-state index in [1.807, 2.05) is 36.9 Å². The van der Waals surface area contributed by atoms with Crippen LogP contribution in [-0.2, 0) is 4.79 Å². The van der Waals surface area contributed by atoms with Crippen molar-refractivity contribution in [3.63, 3.8) is 0 Å². The maximum atomic E-state index is 12.5. The topological polar surface area (TPSA) is 32.3 Å². The fourth-order valence-electron chi connectivity index (χ4n) is 2.14. The van der Waals surface area contributed by atoms with Crippen molar-refractivity contribution >= 4 is 17.7 Å². The monoisotopic (exact) mass is 278 g/mol. The molecule has 0 unspecified atom stereocenters. The fourth-order valence-corrected chi connectivity index (χ4v) is 3.14. The summed E-state index contributed by atoms with van der Waals surface area (Å²) in [6.07, 6.45) is 0.